The molecular formula is C16H14BrF3N4O. The van der Waals surface area contributed by atoms with Gasteiger partial charge in [0.15, 0.2) is 17.1 Å². The number of hydrogen-bond acceptors (Lipinski definition) is 4. The number of fused-ring (bicyclic) bond motifs is 1. The van der Waals surface area contributed by atoms with E-state index in [1.54, 1.807) is 0 Å². The molecule has 0 fully saturated rings. The molecule has 1 unspecified atom stereocenters. The van der Waals surface area contributed by atoms with E-state index in [1.165, 1.54) is 16.8 Å². The number of halogens is 4. The summed E-state index contributed by atoms with van der Waals surface area (Å²) in [5.41, 5.74) is 2.31. The molecule has 2 aromatic heterocycles. The lowest BCUT2D eigenvalue weighted by Gasteiger charge is -2.27. The second-order valence-electron chi connectivity index (χ2n) is 5.62. The van der Waals surface area contributed by atoms with Crippen LogP contribution >= 0.6 is 15.9 Å². The molecule has 0 bridgehead atoms. The van der Waals surface area contributed by atoms with Gasteiger partial charge in [0, 0.05) is 15.9 Å². The van der Waals surface area contributed by atoms with Crippen LogP contribution in [0.5, 0.6) is 0 Å². The summed E-state index contributed by atoms with van der Waals surface area (Å²) >= 11 is 3.17. The Balaban J connectivity index is 2.35. The summed E-state index contributed by atoms with van der Waals surface area (Å²) in [5, 5.41) is 10.0. The maximum absolute atomic E-state index is 13.3. The summed E-state index contributed by atoms with van der Waals surface area (Å²) in [7, 11) is 0. The maximum atomic E-state index is 13.3. The summed E-state index contributed by atoms with van der Waals surface area (Å²) in [4.78, 5) is 8.07. The van der Waals surface area contributed by atoms with Gasteiger partial charge in [-0.25, -0.2) is 9.97 Å². The SMILES string of the molecule is [2H]C([2H])([2H])c1ccc(C(C)(O)C(F)(F)F)cc1-c1cnc2c(N)nc(Br)cn12. The van der Waals surface area contributed by atoms with Crippen LogP contribution < -0.4 is 5.73 Å². The van der Waals surface area contributed by atoms with Crippen molar-refractivity contribution < 1.29 is 22.4 Å². The van der Waals surface area contributed by atoms with E-state index >= 15 is 0 Å². The molecule has 9 heteroatoms. The van der Waals surface area contributed by atoms with Gasteiger partial charge in [-0.05, 0) is 46.9 Å². The predicted molar refractivity (Wildman–Crippen MR) is 90.9 cm³/mol. The molecule has 2 heterocycles. The second-order valence-corrected chi connectivity index (χ2v) is 6.43. The summed E-state index contributed by atoms with van der Waals surface area (Å²) in [6.07, 6.45) is -2.20. The van der Waals surface area contributed by atoms with Crippen molar-refractivity contribution in [3.8, 4) is 11.3 Å². The quantitative estimate of drug-likeness (QED) is 0.664. The molecule has 1 atom stereocenters. The Labute approximate surface area is 153 Å². The first-order chi connectivity index (χ1) is 12.7. The molecule has 0 spiro atoms. The van der Waals surface area contributed by atoms with Gasteiger partial charge in [0.1, 0.15) is 4.60 Å². The molecule has 25 heavy (non-hydrogen) atoms. The minimum atomic E-state index is -4.96. The standard InChI is InChI=1S/C16H14BrF3N4O/c1-8-3-4-9(15(2,25)16(18,19)20)5-10(8)11-6-22-14-13(21)23-12(17)7-24(11)14/h3-7,25H,1-2H3,(H2,21,23)/i1D3. The van der Waals surface area contributed by atoms with Crippen molar-refractivity contribution in [2.24, 2.45) is 0 Å². The molecule has 3 aromatic rings. The summed E-state index contributed by atoms with van der Waals surface area (Å²) in [5.74, 6) is 0.0505. The smallest absolute Gasteiger partial charge is 0.381 e. The summed E-state index contributed by atoms with van der Waals surface area (Å²) in [6, 6.07) is 3.01. The number of anilines is 1. The fourth-order valence-corrected chi connectivity index (χ4v) is 2.80. The lowest BCUT2D eigenvalue weighted by Crippen LogP contribution is -2.39. The minimum Gasteiger partial charge on any atom is -0.381 e. The third-order valence-corrected chi connectivity index (χ3v) is 4.28. The number of aliphatic hydroxyl groups is 1. The normalized spacial score (nSPS) is 17.0. The zero-order chi connectivity index (χ0) is 21.1. The van der Waals surface area contributed by atoms with Crippen LogP contribution in [0.15, 0.2) is 35.2 Å². The Morgan fingerprint density at radius 2 is 2.08 bits per heavy atom. The Morgan fingerprint density at radius 1 is 1.36 bits per heavy atom. The molecule has 1 aromatic carbocycles. The molecule has 0 saturated carbocycles. The number of nitrogens with zero attached hydrogens (tertiary/aromatic N) is 3. The van der Waals surface area contributed by atoms with Crippen molar-refractivity contribution in [2.75, 3.05) is 5.73 Å². The fraction of sp³-hybridized carbons (Fsp3) is 0.250. The van der Waals surface area contributed by atoms with Gasteiger partial charge < -0.3 is 10.8 Å². The Bertz CT molecular complexity index is 1060. The van der Waals surface area contributed by atoms with E-state index in [0.717, 1.165) is 18.2 Å². The number of nitrogens with two attached hydrogens (primary N) is 1. The Kier molecular flexibility index (Phi) is 3.21. The van der Waals surface area contributed by atoms with Gasteiger partial charge in [-0.15, -0.1) is 0 Å². The van der Waals surface area contributed by atoms with Crippen LogP contribution in [0.2, 0.25) is 0 Å². The van der Waals surface area contributed by atoms with Gasteiger partial charge in [-0.3, -0.25) is 4.40 Å². The zero-order valence-electron chi connectivity index (χ0n) is 15.8. The third kappa shape index (κ3) is 2.87. The topological polar surface area (TPSA) is 76.4 Å². The van der Waals surface area contributed by atoms with Crippen LogP contribution in [0, 0.1) is 6.85 Å². The lowest BCUT2D eigenvalue weighted by atomic mass is 9.91. The molecule has 3 rings (SSSR count). The van der Waals surface area contributed by atoms with Crippen LogP contribution in [-0.2, 0) is 5.60 Å². The summed E-state index contributed by atoms with van der Waals surface area (Å²) in [6.45, 7) is -2.01. The number of rotatable bonds is 2. The third-order valence-electron chi connectivity index (χ3n) is 3.90. The monoisotopic (exact) mass is 417 g/mol. The lowest BCUT2D eigenvalue weighted by molar-refractivity contribution is -0.258. The number of hydrogen-bond donors (Lipinski definition) is 2. The molecule has 0 saturated heterocycles. The predicted octanol–water partition coefficient (Wildman–Crippen LogP) is 3.82. The largest absolute Gasteiger partial charge is 0.421 e. The highest BCUT2D eigenvalue weighted by Gasteiger charge is 2.51. The van der Waals surface area contributed by atoms with Crippen molar-refractivity contribution in [1.29, 1.82) is 0 Å². The highest BCUT2D eigenvalue weighted by atomic mass is 79.9. The molecule has 0 aliphatic rings. The van der Waals surface area contributed by atoms with Crippen molar-refractivity contribution in [3.63, 3.8) is 0 Å². The van der Waals surface area contributed by atoms with Gasteiger partial charge in [-0.1, -0.05) is 12.1 Å². The number of benzene rings is 1. The first kappa shape index (κ1) is 14.1. The van der Waals surface area contributed by atoms with Crippen molar-refractivity contribution in [2.45, 2.75) is 25.6 Å². The molecule has 5 nitrogen and oxygen atoms in total. The van der Waals surface area contributed by atoms with Gasteiger partial charge >= 0.3 is 6.18 Å². The minimum absolute atomic E-state index is 0.0352. The van der Waals surface area contributed by atoms with Crippen molar-refractivity contribution in [1.82, 2.24) is 14.4 Å². The second kappa shape index (κ2) is 5.70. The molecule has 0 aliphatic carbocycles. The molecule has 0 amide bonds. The van der Waals surface area contributed by atoms with Crippen LogP contribution in [-0.4, -0.2) is 25.7 Å². The van der Waals surface area contributed by atoms with E-state index in [1.807, 2.05) is 0 Å². The average molecular weight is 418 g/mol. The maximum Gasteiger partial charge on any atom is 0.421 e. The first-order valence-electron chi connectivity index (χ1n) is 8.47. The van der Waals surface area contributed by atoms with E-state index in [2.05, 4.69) is 25.9 Å². The molecule has 132 valence electrons. The van der Waals surface area contributed by atoms with Gasteiger partial charge in [0.2, 0.25) is 0 Å². The number of alkyl halides is 3. The van der Waals surface area contributed by atoms with Crippen LogP contribution in [0.4, 0.5) is 19.0 Å². The Morgan fingerprint density at radius 3 is 2.72 bits per heavy atom. The first-order valence-corrected chi connectivity index (χ1v) is 7.76. The van der Waals surface area contributed by atoms with Crippen LogP contribution in [0.1, 0.15) is 22.2 Å². The van der Waals surface area contributed by atoms with E-state index in [9.17, 15) is 18.3 Å². The van der Waals surface area contributed by atoms with Crippen LogP contribution in [0.3, 0.4) is 0 Å². The van der Waals surface area contributed by atoms with E-state index in [0.29, 0.717) is 11.5 Å². The van der Waals surface area contributed by atoms with E-state index in [4.69, 9.17) is 9.85 Å². The highest BCUT2D eigenvalue weighted by Crippen LogP contribution is 2.40. The van der Waals surface area contributed by atoms with Gasteiger partial charge in [0.25, 0.3) is 0 Å². The molecule has 0 radical (unpaired) electrons. The van der Waals surface area contributed by atoms with Gasteiger partial charge in [-0.2, -0.15) is 13.2 Å². The average Bonchev–Trinajstić information content (AvgIpc) is 2.96. The number of imidazole rings is 1. The van der Waals surface area contributed by atoms with Crippen molar-refractivity contribution >= 4 is 27.4 Å². The van der Waals surface area contributed by atoms with Crippen LogP contribution in [0.25, 0.3) is 16.9 Å². The fourth-order valence-electron chi connectivity index (χ4n) is 2.40. The Hall–Kier alpha value is -2.13. The molecule has 3 N–H and O–H groups in total. The zero-order valence-corrected chi connectivity index (χ0v) is 14.4. The molecular weight excluding hydrogens is 401 g/mol. The van der Waals surface area contributed by atoms with Gasteiger partial charge in [0.05, 0.1) is 11.9 Å². The highest BCUT2D eigenvalue weighted by molar-refractivity contribution is 9.10. The number of nitrogen functional groups attached to an aromatic ring is 1. The van der Waals surface area contributed by atoms with E-state index in [-0.39, 0.29) is 28.3 Å². The number of aromatic nitrogens is 3. The van der Waals surface area contributed by atoms with Crippen molar-refractivity contribution in [3.05, 3.63) is 46.3 Å². The summed E-state index contributed by atoms with van der Waals surface area (Å²) < 4.78 is 64.8. The van der Waals surface area contributed by atoms with E-state index < -0.39 is 24.2 Å². The number of aryl methyl sites for hydroxylation is 1. The molecule has 0 aliphatic heterocycles.